The lowest BCUT2D eigenvalue weighted by Gasteiger charge is -2.52. The van der Waals surface area contributed by atoms with Crippen LogP contribution in [0.4, 0.5) is 0 Å². The molecule has 36 heavy (non-hydrogen) atoms. The third kappa shape index (κ3) is 3.53. The highest BCUT2D eigenvalue weighted by atomic mass is 16.3. The molecule has 11 heteroatoms. The number of carbonyl (C=O) groups excluding carboxylic acids is 6. The third-order valence-electron chi connectivity index (χ3n) is 7.71. The maximum Gasteiger partial charge on any atom is 0.235 e. The fourth-order valence-electron chi connectivity index (χ4n) is 6.24. The molecule has 2 fully saturated rings. The van der Waals surface area contributed by atoms with Gasteiger partial charge in [0.1, 0.15) is 5.75 Å². The van der Waals surface area contributed by atoms with E-state index in [9.17, 15) is 39.0 Å². The van der Waals surface area contributed by atoms with Gasteiger partial charge >= 0.3 is 0 Å². The predicted molar refractivity (Wildman–Crippen MR) is 124 cm³/mol. The molecule has 0 aliphatic heterocycles. The molecule has 4 N–H and O–H groups in total. The number of aromatic hydroxyl groups is 1. The average molecular weight is 500 g/mol. The van der Waals surface area contributed by atoms with E-state index in [0.29, 0.717) is 5.56 Å². The van der Waals surface area contributed by atoms with Crippen LogP contribution >= 0.6 is 0 Å². The Morgan fingerprint density at radius 3 is 2.28 bits per heavy atom. The van der Waals surface area contributed by atoms with E-state index in [1.165, 1.54) is 31.1 Å². The highest BCUT2D eigenvalue weighted by molar-refractivity contribution is 6.32. The molecule has 192 valence electrons. The lowest BCUT2D eigenvalue weighted by molar-refractivity contribution is -0.181. The fraction of sp³-hybridized carbons (Fsp3) is 0.520. The van der Waals surface area contributed by atoms with Crippen molar-refractivity contribution in [2.75, 3.05) is 34.7 Å². The average Bonchev–Trinajstić information content (AvgIpc) is 2.75. The summed E-state index contributed by atoms with van der Waals surface area (Å²) in [6, 6.07) is 1.47. The quantitative estimate of drug-likeness (QED) is 0.323. The van der Waals surface area contributed by atoms with E-state index in [-0.39, 0.29) is 36.3 Å². The zero-order valence-electron chi connectivity index (χ0n) is 20.5. The van der Waals surface area contributed by atoms with Gasteiger partial charge in [-0.15, -0.1) is 0 Å². The van der Waals surface area contributed by atoms with E-state index in [4.69, 9.17) is 5.73 Å². The number of hydrogen-bond acceptors (Lipinski definition) is 10. The maximum absolute atomic E-state index is 13.7. The third-order valence-corrected chi connectivity index (χ3v) is 7.71. The zero-order valence-corrected chi connectivity index (χ0v) is 20.5. The second-order valence-corrected chi connectivity index (χ2v) is 10.4. The summed E-state index contributed by atoms with van der Waals surface area (Å²) in [6.45, 7) is 0.0566. The first kappa shape index (κ1) is 25.8. The number of nitrogens with zero attached hydrogens (tertiary/aromatic N) is 2. The van der Waals surface area contributed by atoms with E-state index < -0.39 is 70.1 Å². The van der Waals surface area contributed by atoms with E-state index in [1.54, 1.807) is 19.0 Å². The van der Waals surface area contributed by atoms with Gasteiger partial charge in [-0.2, -0.15) is 0 Å². The Morgan fingerprint density at radius 1 is 1.08 bits per heavy atom. The molecule has 3 aliphatic rings. The molecule has 0 spiro atoms. The number of fused-ring (bicyclic) bond motifs is 3. The zero-order chi connectivity index (χ0) is 26.9. The van der Waals surface area contributed by atoms with Gasteiger partial charge in [0.25, 0.3) is 0 Å². The van der Waals surface area contributed by atoms with Crippen LogP contribution in [0.25, 0.3) is 0 Å². The first-order chi connectivity index (χ1) is 16.7. The number of primary amides is 1. The van der Waals surface area contributed by atoms with Crippen molar-refractivity contribution < 1.29 is 39.0 Å². The molecule has 1 aromatic carbocycles. The fourth-order valence-corrected chi connectivity index (χ4v) is 6.24. The highest BCUT2D eigenvalue weighted by Gasteiger charge is 2.69. The van der Waals surface area contributed by atoms with E-state index >= 15 is 0 Å². The molecule has 4 rings (SSSR count). The van der Waals surface area contributed by atoms with Crippen LogP contribution in [-0.4, -0.2) is 101 Å². The number of carbonyl (C=O) groups is 6. The van der Waals surface area contributed by atoms with E-state index in [1.807, 2.05) is 0 Å². The molecule has 0 aromatic heterocycles. The van der Waals surface area contributed by atoms with Crippen molar-refractivity contribution in [2.45, 2.75) is 24.5 Å². The molecule has 11 nitrogen and oxygen atoms in total. The summed E-state index contributed by atoms with van der Waals surface area (Å²) in [5.41, 5.74) is 2.88. The molecule has 3 aliphatic carbocycles. The summed E-state index contributed by atoms with van der Waals surface area (Å²) in [5, 5.41) is 22.0. The molecule has 1 aromatic rings. The van der Waals surface area contributed by atoms with E-state index in [0.717, 1.165) is 0 Å². The van der Waals surface area contributed by atoms with Crippen molar-refractivity contribution in [3.63, 3.8) is 0 Å². The minimum Gasteiger partial charge on any atom is -0.507 e. The van der Waals surface area contributed by atoms with Gasteiger partial charge in [0.05, 0.1) is 24.1 Å². The largest absolute Gasteiger partial charge is 0.507 e. The Bertz CT molecular complexity index is 1220. The molecule has 2 saturated carbocycles. The Labute approximate surface area is 207 Å². The summed E-state index contributed by atoms with van der Waals surface area (Å²) >= 11 is 0. The van der Waals surface area contributed by atoms with Crippen LogP contribution < -0.4 is 5.73 Å². The number of likely N-dealkylation sites (N-methyl/N-ethyl adjacent to an activating group) is 2. The molecular formula is C25H29N3O8. The molecule has 6 atom stereocenters. The highest BCUT2D eigenvalue weighted by Crippen LogP contribution is 2.51. The van der Waals surface area contributed by atoms with Gasteiger partial charge in [-0.05, 0) is 64.6 Å². The van der Waals surface area contributed by atoms with Gasteiger partial charge in [0.15, 0.2) is 40.4 Å². The number of Topliss-reactive ketones (excluding diaryl/α,β-unsaturated/α-hetero) is 5. The Kier molecular flexibility index (Phi) is 6.22. The Morgan fingerprint density at radius 2 is 1.72 bits per heavy atom. The van der Waals surface area contributed by atoms with Gasteiger partial charge in [-0.3, -0.25) is 33.7 Å². The number of hydrogen-bond donors (Lipinski definition) is 3. The van der Waals surface area contributed by atoms with E-state index in [2.05, 4.69) is 0 Å². The molecule has 0 radical (unpaired) electrons. The van der Waals surface area contributed by atoms with Crippen molar-refractivity contribution >= 4 is 34.8 Å². The summed E-state index contributed by atoms with van der Waals surface area (Å²) in [6.07, 6.45) is -0.0183. The number of ketones is 5. The molecule has 0 saturated heterocycles. The van der Waals surface area contributed by atoms with Crippen LogP contribution in [0.3, 0.4) is 0 Å². The summed E-state index contributed by atoms with van der Waals surface area (Å²) in [5.74, 6) is -11.5. The molecular weight excluding hydrogens is 470 g/mol. The Balaban J connectivity index is 1.86. The first-order valence-electron chi connectivity index (χ1n) is 11.6. The van der Waals surface area contributed by atoms with Crippen LogP contribution in [0.2, 0.25) is 0 Å². The number of nitrogens with two attached hydrogens (primary N) is 1. The smallest absolute Gasteiger partial charge is 0.235 e. The van der Waals surface area contributed by atoms with Crippen LogP contribution in [0.5, 0.6) is 5.75 Å². The van der Waals surface area contributed by atoms with Crippen molar-refractivity contribution in [3.8, 4) is 5.75 Å². The lowest BCUT2D eigenvalue weighted by atomic mass is 9.52. The van der Waals surface area contributed by atoms with Crippen molar-refractivity contribution in [1.29, 1.82) is 0 Å². The van der Waals surface area contributed by atoms with Crippen LogP contribution in [0.15, 0.2) is 12.1 Å². The van der Waals surface area contributed by atoms with Crippen molar-refractivity contribution in [2.24, 2.45) is 29.4 Å². The van der Waals surface area contributed by atoms with Gasteiger partial charge in [-0.25, -0.2) is 0 Å². The van der Waals surface area contributed by atoms with Crippen molar-refractivity contribution in [1.82, 2.24) is 9.80 Å². The second kappa shape index (κ2) is 8.68. The van der Waals surface area contributed by atoms with Crippen molar-refractivity contribution in [3.05, 3.63) is 28.8 Å². The number of aliphatic hydroxyl groups is 1. The minimum absolute atomic E-state index is 0.0503. The van der Waals surface area contributed by atoms with Gasteiger partial charge in [0, 0.05) is 11.5 Å². The molecule has 4 unspecified atom stereocenters. The summed E-state index contributed by atoms with van der Waals surface area (Å²) in [7, 11) is 6.46. The molecule has 0 heterocycles. The lowest BCUT2D eigenvalue weighted by Crippen LogP contribution is -2.74. The predicted octanol–water partition coefficient (Wildman–Crippen LogP) is -1.39. The van der Waals surface area contributed by atoms with Gasteiger partial charge in [-0.1, -0.05) is 0 Å². The second-order valence-electron chi connectivity index (χ2n) is 10.4. The SMILES string of the molecule is CN(C)CC(=O)c1ccc(O)c2c1CC1CC3[C@H](N(C)C)C(=O)C(C(N)=O)C(=O)[C@@]3(O)C(=O)C1C2=O. The number of benzene rings is 1. The number of rotatable bonds is 5. The minimum atomic E-state index is -2.77. The van der Waals surface area contributed by atoms with Crippen LogP contribution in [0.1, 0.15) is 32.7 Å². The van der Waals surface area contributed by atoms with Gasteiger partial charge in [0.2, 0.25) is 5.91 Å². The normalized spacial score (nSPS) is 31.8. The topological polar surface area (TPSA) is 175 Å². The van der Waals surface area contributed by atoms with Crippen LogP contribution in [0, 0.1) is 23.7 Å². The first-order valence-corrected chi connectivity index (χ1v) is 11.6. The number of phenols is 1. The number of amides is 1. The molecule has 1 amide bonds. The standard InChI is InChI=1S/C25H29N3O8/c1-27(2)9-15(30)11-5-6-14(29)17-12(11)7-10-8-13-19(28(3)4)21(32)18(24(26)35)23(34)25(13,36)22(33)16(10)20(17)31/h5-6,10,13,16,18-19,29,36H,7-9H2,1-4H3,(H2,26,35)/t10?,13?,16?,18?,19-,25-/m0/s1. The van der Waals surface area contributed by atoms with Crippen LogP contribution in [-0.2, 0) is 25.6 Å². The Hall–Kier alpha value is -3.28. The van der Waals surface area contributed by atoms with Gasteiger partial charge < -0.3 is 20.8 Å². The summed E-state index contributed by atoms with van der Waals surface area (Å²) in [4.78, 5) is 81.7. The molecule has 0 bridgehead atoms. The monoisotopic (exact) mass is 499 g/mol. The number of phenolic OH excluding ortho intramolecular Hbond substituents is 1. The maximum atomic E-state index is 13.7. The summed E-state index contributed by atoms with van der Waals surface area (Å²) < 4.78 is 0.